The highest BCUT2D eigenvalue weighted by Gasteiger charge is 2.28. The highest BCUT2D eigenvalue weighted by atomic mass is 35.5. The smallest absolute Gasteiger partial charge is 0.293 e. The van der Waals surface area contributed by atoms with Crippen molar-refractivity contribution in [2.45, 2.75) is 32.6 Å². The molecule has 1 aliphatic rings. The first-order valence-electron chi connectivity index (χ1n) is 9.54. The molecule has 0 aliphatic carbocycles. The fourth-order valence-electron chi connectivity index (χ4n) is 3.82. The topological polar surface area (TPSA) is 76.3 Å². The number of nitrogens with zero attached hydrogens (tertiary/aromatic N) is 6. The highest BCUT2D eigenvalue weighted by Crippen LogP contribution is 2.34. The van der Waals surface area contributed by atoms with Gasteiger partial charge in [0.15, 0.2) is 0 Å². The van der Waals surface area contributed by atoms with Crippen molar-refractivity contribution in [1.82, 2.24) is 29.5 Å². The lowest BCUT2D eigenvalue weighted by Crippen LogP contribution is -2.38. The Morgan fingerprint density at radius 2 is 1.93 bits per heavy atom. The van der Waals surface area contributed by atoms with E-state index >= 15 is 0 Å². The molecule has 4 heterocycles. The number of aryl methyl sites for hydroxylation is 2. The van der Waals surface area contributed by atoms with Crippen molar-refractivity contribution >= 4 is 44.8 Å². The molecule has 7 nitrogen and oxygen atoms in total. The maximum absolute atomic E-state index is 12.9. The number of hydrogen-bond acceptors (Lipinski definition) is 6. The van der Waals surface area contributed by atoms with Gasteiger partial charge in [-0.05, 0) is 51.0 Å². The number of benzene rings is 1. The summed E-state index contributed by atoms with van der Waals surface area (Å²) < 4.78 is 2.77. The number of halogens is 1. The first-order valence-corrected chi connectivity index (χ1v) is 10.7. The second-order valence-electron chi connectivity index (χ2n) is 7.42. The minimum Gasteiger partial charge on any atom is -0.336 e. The van der Waals surface area contributed by atoms with Crippen LogP contribution in [0.2, 0.25) is 5.02 Å². The molecule has 1 amide bonds. The fourth-order valence-corrected chi connectivity index (χ4v) is 5.10. The van der Waals surface area contributed by atoms with Gasteiger partial charge in [0.1, 0.15) is 0 Å². The average Bonchev–Trinajstić information content (AvgIpc) is 3.31. The van der Waals surface area contributed by atoms with Crippen LogP contribution in [-0.2, 0) is 0 Å². The Balaban J connectivity index is 1.32. The third-order valence-electron chi connectivity index (χ3n) is 5.31. The summed E-state index contributed by atoms with van der Waals surface area (Å²) in [6.07, 6.45) is 1.76. The molecule has 0 atom stereocenters. The highest BCUT2D eigenvalue weighted by molar-refractivity contribution is 7.18. The minimum atomic E-state index is -0.137. The van der Waals surface area contributed by atoms with Crippen LogP contribution < -0.4 is 0 Å². The Labute approximate surface area is 176 Å². The Morgan fingerprint density at radius 1 is 1.14 bits per heavy atom. The Bertz CT molecular complexity index is 1240. The van der Waals surface area contributed by atoms with Crippen LogP contribution in [0.3, 0.4) is 0 Å². The van der Waals surface area contributed by atoms with E-state index in [1.54, 1.807) is 15.9 Å². The van der Waals surface area contributed by atoms with E-state index in [0.29, 0.717) is 29.8 Å². The quantitative estimate of drug-likeness (QED) is 0.483. The fraction of sp³-hybridized carbons (Fsp3) is 0.350. The van der Waals surface area contributed by atoms with Crippen LogP contribution >= 0.6 is 22.9 Å². The number of hydrogen-bond donors (Lipinski definition) is 0. The van der Waals surface area contributed by atoms with Crippen LogP contribution in [0.25, 0.3) is 16.0 Å². The second kappa shape index (κ2) is 7.03. The van der Waals surface area contributed by atoms with Gasteiger partial charge in [0.25, 0.3) is 11.7 Å². The molecule has 29 heavy (non-hydrogen) atoms. The number of rotatable bonds is 2. The standard InChI is InChI=1S/C20H19ClN6OS/c1-11-9-12(2)27-20(22-11)24-17(25-27)19(28)26-7-5-13(6-8-26)18-23-15-10-14(21)3-4-16(15)29-18/h3-4,9-10,13H,5-8H2,1-2H3. The lowest BCUT2D eigenvalue weighted by molar-refractivity contribution is 0.0701. The Kier molecular flexibility index (Phi) is 4.48. The molecule has 0 spiro atoms. The molecule has 0 unspecified atom stereocenters. The molecule has 9 heteroatoms. The molecule has 0 saturated carbocycles. The van der Waals surface area contributed by atoms with Gasteiger partial charge in [-0.2, -0.15) is 4.98 Å². The first-order chi connectivity index (χ1) is 14.0. The average molecular weight is 427 g/mol. The largest absolute Gasteiger partial charge is 0.336 e. The first kappa shape index (κ1) is 18.4. The summed E-state index contributed by atoms with van der Waals surface area (Å²) in [5, 5.41) is 6.20. The normalized spacial score (nSPS) is 15.5. The molecule has 0 bridgehead atoms. The van der Waals surface area contributed by atoms with E-state index in [1.165, 1.54) is 0 Å². The molecule has 4 aromatic rings. The van der Waals surface area contributed by atoms with Crippen LogP contribution in [0.15, 0.2) is 24.3 Å². The van der Waals surface area contributed by atoms with E-state index in [0.717, 1.165) is 39.5 Å². The van der Waals surface area contributed by atoms with Gasteiger partial charge in [0.2, 0.25) is 5.82 Å². The van der Waals surface area contributed by atoms with E-state index in [2.05, 4.69) is 15.1 Å². The number of fused-ring (bicyclic) bond motifs is 2. The maximum Gasteiger partial charge on any atom is 0.293 e. The van der Waals surface area contributed by atoms with E-state index in [4.69, 9.17) is 16.6 Å². The summed E-state index contributed by atoms with van der Waals surface area (Å²) >= 11 is 7.79. The van der Waals surface area contributed by atoms with E-state index in [1.807, 2.05) is 43.0 Å². The SMILES string of the molecule is Cc1cc(C)n2nc(C(=O)N3CCC(c4nc5cc(Cl)ccc5s4)CC3)nc2n1. The summed E-state index contributed by atoms with van der Waals surface area (Å²) in [7, 11) is 0. The van der Waals surface area contributed by atoms with Gasteiger partial charge >= 0.3 is 0 Å². The monoisotopic (exact) mass is 426 g/mol. The van der Waals surface area contributed by atoms with Gasteiger partial charge in [-0.3, -0.25) is 4.79 Å². The van der Waals surface area contributed by atoms with Crippen molar-refractivity contribution in [2.75, 3.05) is 13.1 Å². The van der Waals surface area contributed by atoms with Gasteiger partial charge in [0.05, 0.1) is 15.2 Å². The molecule has 0 N–H and O–H groups in total. The number of likely N-dealkylation sites (tertiary alicyclic amines) is 1. The predicted molar refractivity (Wildman–Crippen MR) is 113 cm³/mol. The molecule has 1 saturated heterocycles. The van der Waals surface area contributed by atoms with Crippen molar-refractivity contribution in [3.63, 3.8) is 0 Å². The van der Waals surface area contributed by atoms with E-state index in [-0.39, 0.29) is 11.7 Å². The minimum absolute atomic E-state index is 0.137. The number of carbonyl (C=O) groups is 1. The molecule has 1 aliphatic heterocycles. The van der Waals surface area contributed by atoms with Crippen LogP contribution in [-0.4, -0.2) is 48.5 Å². The number of piperidine rings is 1. The second-order valence-corrected chi connectivity index (χ2v) is 8.92. The van der Waals surface area contributed by atoms with Gasteiger partial charge in [-0.15, -0.1) is 16.4 Å². The number of carbonyl (C=O) groups excluding carboxylic acids is 1. The zero-order chi connectivity index (χ0) is 20.1. The van der Waals surface area contributed by atoms with Gasteiger partial charge in [-0.1, -0.05) is 11.6 Å². The summed E-state index contributed by atoms with van der Waals surface area (Å²) in [6, 6.07) is 7.74. The molecular weight excluding hydrogens is 408 g/mol. The molecule has 3 aromatic heterocycles. The summed E-state index contributed by atoms with van der Waals surface area (Å²) in [5.74, 6) is 0.894. The van der Waals surface area contributed by atoms with Crippen molar-refractivity contribution in [2.24, 2.45) is 0 Å². The van der Waals surface area contributed by atoms with Gasteiger partial charge in [-0.25, -0.2) is 14.5 Å². The van der Waals surface area contributed by atoms with Crippen LogP contribution in [0.5, 0.6) is 0 Å². The van der Waals surface area contributed by atoms with Crippen LogP contribution in [0, 0.1) is 13.8 Å². The molecule has 148 valence electrons. The number of aromatic nitrogens is 5. The third kappa shape index (κ3) is 3.36. The van der Waals surface area contributed by atoms with Crippen molar-refractivity contribution < 1.29 is 4.79 Å². The van der Waals surface area contributed by atoms with E-state index < -0.39 is 0 Å². The van der Waals surface area contributed by atoms with Crippen molar-refractivity contribution in [3.05, 3.63) is 51.5 Å². The third-order valence-corrected chi connectivity index (χ3v) is 6.74. The maximum atomic E-state index is 12.9. The number of thiazole rings is 1. The molecule has 1 aromatic carbocycles. The van der Waals surface area contributed by atoms with Gasteiger partial charge in [0, 0.05) is 35.4 Å². The molecule has 1 fully saturated rings. The van der Waals surface area contributed by atoms with Crippen molar-refractivity contribution in [1.29, 1.82) is 0 Å². The lowest BCUT2D eigenvalue weighted by Gasteiger charge is -2.30. The van der Waals surface area contributed by atoms with Crippen LogP contribution in [0.4, 0.5) is 0 Å². The molecule has 5 rings (SSSR count). The molecule has 0 radical (unpaired) electrons. The summed E-state index contributed by atoms with van der Waals surface area (Å²) in [5.41, 5.74) is 2.72. The van der Waals surface area contributed by atoms with Gasteiger partial charge < -0.3 is 4.90 Å². The van der Waals surface area contributed by atoms with Crippen molar-refractivity contribution in [3.8, 4) is 0 Å². The Hall–Kier alpha value is -2.58. The Morgan fingerprint density at radius 3 is 2.72 bits per heavy atom. The molecular formula is C20H19ClN6OS. The van der Waals surface area contributed by atoms with Crippen LogP contribution in [0.1, 0.15) is 45.8 Å². The summed E-state index contributed by atoms with van der Waals surface area (Å²) in [4.78, 5) is 28.2. The lowest BCUT2D eigenvalue weighted by atomic mass is 9.97. The zero-order valence-electron chi connectivity index (χ0n) is 16.1. The summed E-state index contributed by atoms with van der Waals surface area (Å²) in [6.45, 7) is 5.17. The number of amides is 1. The van der Waals surface area contributed by atoms with E-state index in [9.17, 15) is 4.79 Å². The zero-order valence-corrected chi connectivity index (χ0v) is 17.7. The predicted octanol–water partition coefficient (Wildman–Crippen LogP) is 4.02.